The average Bonchev–Trinajstić information content (AvgIpc) is 3.24. The zero-order valence-corrected chi connectivity index (χ0v) is 14.6. The second-order valence-electron chi connectivity index (χ2n) is 6.52. The lowest BCUT2D eigenvalue weighted by Crippen LogP contribution is -2.39. The lowest BCUT2D eigenvalue weighted by molar-refractivity contribution is 0.0540. The summed E-state index contributed by atoms with van der Waals surface area (Å²) in [6.07, 6.45) is 0.266. The number of likely N-dealkylation sites (tertiary alicyclic amines) is 1. The van der Waals surface area contributed by atoms with Gasteiger partial charge in [0, 0.05) is 36.5 Å². The van der Waals surface area contributed by atoms with Gasteiger partial charge >= 0.3 is 6.09 Å². The molecule has 2 fully saturated rings. The molecule has 132 valence electrons. The minimum absolute atomic E-state index is 0.213. The second kappa shape index (κ2) is 5.56. The highest BCUT2D eigenvalue weighted by molar-refractivity contribution is 6.31. The van der Waals surface area contributed by atoms with E-state index < -0.39 is 5.60 Å². The van der Waals surface area contributed by atoms with Crippen molar-refractivity contribution in [1.29, 1.82) is 0 Å². The number of carbonyl (C=O) groups excluding carboxylic acids is 2. The molecular weight excluding hydrogens is 348 g/mol. The highest BCUT2D eigenvalue weighted by Crippen LogP contribution is 2.35. The maximum absolute atomic E-state index is 12.8. The lowest BCUT2D eigenvalue weighted by atomic mass is 10.0. The minimum Gasteiger partial charge on any atom is -0.493 e. The molecule has 0 bridgehead atoms. The molecule has 2 saturated heterocycles. The molecule has 7 nitrogen and oxygen atoms in total. The Hall–Kier alpha value is -2.41. The number of halogens is 1. The third-order valence-electron chi connectivity index (χ3n) is 4.72. The Morgan fingerprint density at radius 1 is 1.32 bits per heavy atom. The van der Waals surface area contributed by atoms with Gasteiger partial charge in [-0.1, -0.05) is 11.6 Å². The van der Waals surface area contributed by atoms with Crippen LogP contribution in [0.25, 0.3) is 11.0 Å². The zero-order chi connectivity index (χ0) is 17.8. The van der Waals surface area contributed by atoms with Crippen molar-refractivity contribution in [3.05, 3.63) is 29.0 Å². The summed E-state index contributed by atoms with van der Waals surface area (Å²) in [5, 5.41) is 1.21. The molecule has 2 aliphatic rings. The molecule has 2 aromatic rings. The molecule has 2 amide bonds. The molecule has 0 N–H and O–H groups in total. The van der Waals surface area contributed by atoms with Crippen LogP contribution in [-0.2, 0) is 4.74 Å². The number of ether oxygens (including phenoxy) is 2. The molecular formula is C17H17ClN2O5. The second-order valence-corrected chi connectivity index (χ2v) is 6.96. The van der Waals surface area contributed by atoms with Gasteiger partial charge < -0.3 is 23.7 Å². The summed E-state index contributed by atoms with van der Waals surface area (Å²) in [4.78, 5) is 27.6. The van der Waals surface area contributed by atoms with Crippen LogP contribution in [0.3, 0.4) is 0 Å². The average molecular weight is 365 g/mol. The summed E-state index contributed by atoms with van der Waals surface area (Å²) in [5.74, 6) is 0.452. The first-order chi connectivity index (χ1) is 11.9. The summed E-state index contributed by atoms with van der Waals surface area (Å²) < 4.78 is 16.5. The molecule has 0 aliphatic carbocycles. The van der Waals surface area contributed by atoms with Crippen LogP contribution in [0.15, 0.2) is 22.6 Å². The van der Waals surface area contributed by atoms with E-state index in [1.807, 2.05) is 0 Å². The first-order valence-corrected chi connectivity index (χ1v) is 8.29. The standard InChI is InChI=1S/C17H17ClN2O5/c1-19-8-17(25-16(19)22)3-4-20(9-17)15(21)13-6-10-5-11(18)7-12(23-2)14(10)24-13/h5-7H,3-4,8-9H2,1-2H3/t17-/m0/s1. The number of methoxy groups -OCH3 is 1. The fourth-order valence-corrected chi connectivity index (χ4v) is 3.74. The highest BCUT2D eigenvalue weighted by Gasteiger charge is 2.49. The summed E-state index contributed by atoms with van der Waals surface area (Å²) >= 11 is 6.06. The number of likely N-dealkylation sites (N-methyl/N-ethyl adjacent to an activating group) is 1. The third-order valence-corrected chi connectivity index (χ3v) is 4.94. The van der Waals surface area contributed by atoms with Gasteiger partial charge in [0.15, 0.2) is 22.7 Å². The van der Waals surface area contributed by atoms with Crippen LogP contribution in [0.1, 0.15) is 17.0 Å². The van der Waals surface area contributed by atoms with E-state index in [9.17, 15) is 9.59 Å². The summed E-state index contributed by atoms with van der Waals surface area (Å²) in [6, 6.07) is 5.02. The predicted molar refractivity (Wildman–Crippen MR) is 90.1 cm³/mol. The Labute approximate surface area is 149 Å². The third kappa shape index (κ3) is 2.59. The van der Waals surface area contributed by atoms with E-state index in [-0.39, 0.29) is 17.8 Å². The Morgan fingerprint density at radius 2 is 2.12 bits per heavy atom. The molecule has 1 atom stereocenters. The van der Waals surface area contributed by atoms with Crippen molar-refractivity contribution in [2.75, 3.05) is 33.8 Å². The molecule has 1 aromatic carbocycles. The van der Waals surface area contributed by atoms with E-state index in [1.54, 1.807) is 30.1 Å². The van der Waals surface area contributed by atoms with Crippen molar-refractivity contribution >= 4 is 34.6 Å². The van der Waals surface area contributed by atoms with Crippen molar-refractivity contribution in [2.24, 2.45) is 0 Å². The first-order valence-electron chi connectivity index (χ1n) is 7.91. The van der Waals surface area contributed by atoms with Crippen molar-refractivity contribution < 1.29 is 23.5 Å². The quantitative estimate of drug-likeness (QED) is 0.819. The van der Waals surface area contributed by atoms with Crippen LogP contribution in [0.5, 0.6) is 5.75 Å². The van der Waals surface area contributed by atoms with E-state index in [4.69, 9.17) is 25.5 Å². The van der Waals surface area contributed by atoms with Gasteiger partial charge in [-0.25, -0.2) is 4.79 Å². The van der Waals surface area contributed by atoms with Crippen LogP contribution in [0.2, 0.25) is 5.02 Å². The Morgan fingerprint density at radius 3 is 2.80 bits per heavy atom. The van der Waals surface area contributed by atoms with Gasteiger partial charge in [-0.15, -0.1) is 0 Å². The van der Waals surface area contributed by atoms with E-state index in [0.717, 1.165) is 0 Å². The summed E-state index contributed by atoms with van der Waals surface area (Å²) in [6.45, 7) is 1.35. The van der Waals surface area contributed by atoms with Crippen molar-refractivity contribution in [1.82, 2.24) is 9.80 Å². The minimum atomic E-state index is -0.617. The van der Waals surface area contributed by atoms with Crippen LogP contribution >= 0.6 is 11.6 Å². The van der Waals surface area contributed by atoms with Gasteiger partial charge in [0.25, 0.3) is 5.91 Å². The number of hydrogen-bond donors (Lipinski definition) is 0. The van der Waals surface area contributed by atoms with Gasteiger partial charge in [0.1, 0.15) is 0 Å². The first kappa shape index (κ1) is 16.1. The topological polar surface area (TPSA) is 72.2 Å². The predicted octanol–water partition coefficient (Wildman–Crippen LogP) is 2.76. The molecule has 0 saturated carbocycles. The molecule has 8 heteroatoms. The number of benzene rings is 1. The number of fused-ring (bicyclic) bond motifs is 1. The SMILES string of the molecule is COc1cc(Cl)cc2cc(C(=O)N3CC[C@]4(CN(C)C(=O)O4)C3)oc12. The van der Waals surface area contributed by atoms with Gasteiger partial charge in [0.2, 0.25) is 0 Å². The molecule has 0 unspecified atom stereocenters. The zero-order valence-electron chi connectivity index (χ0n) is 13.9. The molecule has 0 radical (unpaired) electrons. The molecule has 1 spiro atoms. The number of nitrogens with zero attached hydrogens (tertiary/aromatic N) is 2. The monoisotopic (exact) mass is 364 g/mol. The largest absolute Gasteiger partial charge is 0.493 e. The highest BCUT2D eigenvalue weighted by atomic mass is 35.5. The smallest absolute Gasteiger partial charge is 0.410 e. The fourth-order valence-electron chi connectivity index (χ4n) is 3.52. The summed E-state index contributed by atoms with van der Waals surface area (Å²) in [5.41, 5.74) is -0.134. The summed E-state index contributed by atoms with van der Waals surface area (Å²) in [7, 11) is 3.21. The van der Waals surface area contributed by atoms with Gasteiger partial charge in [-0.3, -0.25) is 4.79 Å². The van der Waals surface area contributed by atoms with E-state index in [0.29, 0.717) is 47.8 Å². The number of rotatable bonds is 2. The van der Waals surface area contributed by atoms with Crippen molar-refractivity contribution in [2.45, 2.75) is 12.0 Å². The number of hydrogen-bond acceptors (Lipinski definition) is 5. The van der Waals surface area contributed by atoms with Gasteiger partial charge in [-0.05, 0) is 12.1 Å². The van der Waals surface area contributed by atoms with E-state index >= 15 is 0 Å². The Balaban J connectivity index is 1.60. The van der Waals surface area contributed by atoms with Gasteiger partial charge in [0.05, 0.1) is 20.2 Å². The van der Waals surface area contributed by atoms with Crippen LogP contribution in [0.4, 0.5) is 4.79 Å². The molecule has 4 rings (SSSR count). The van der Waals surface area contributed by atoms with Gasteiger partial charge in [-0.2, -0.15) is 0 Å². The maximum Gasteiger partial charge on any atom is 0.410 e. The Kier molecular flexibility index (Phi) is 3.57. The molecule has 2 aliphatic heterocycles. The van der Waals surface area contributed by atoms with Crippen LogP contribution in [-0.4, -0.2) is 61.2 Å². The maximum atomic E-state index is 12.8. The molecule has 25 heavy (non-hydrogen) atoms. The fraction of sp³-hybridized carbons (Fsp3) is 0.412. The van der Waals surface area contributed by atoms with E-state index in [2.05, 4.69) is 0 Å². The van der Waals surface area contributed by atoms with Crippen molar-refractivity contribution in [3.63, 3.8) is 0 Å². The number of amides is 2. The van der Waals surface area contributed by atoms with Crippen LogP contribution in [0, 0.1) is 0 Å². The van der Waals surface area contributed by atoms with Crippen LogP contribution < -0.4 is 4.74 Å². The van der Waals surface area contributed by atoms with E-state index in [1.165, 1.54) is 12.0 Å². The molecule has 1 aromatic heterocycles. The number of carbonyl (C=O) groups is 2. The normalized spacial score (nSPS) is 22.9. The number of furan rings is 1. The lowest BCUT2D eigenvalue weighted by Gasteiger charge is -2.21. The molecule has 3 heterocycles. The Bertz CT molecular complexity index is 879. The van der Waals surface area contributed by atoms with Crippen molar-refractivity contribution in [3.8, 4) is 5.75 Å².